The number of rotatable bonds is 6. The largest absolute Gasteiger partial charge is 0.348 e. The summed E-state index contributed by atoms with van der Waals surface area (Å²) >= 11 is 1.06. The molecule has 0 aliphatic rings. The highest BCUT2D eigenvalue weighted by Gasteiger charge is 2.24. The van der Waals surface area contributed by atoms with E-state index in [-0.39, 0.29) is 10.8 Å². The zero-order valence-electron chi connectivity index (χ0n) is 13.0. The molecule has 0 aliphatic carbocycles. The topological polar surface area (TPSA) is 66.5 Å². The third-order valence-corrected chi connectivity index (χ3v) is 6.52. The Balaban J connectivity index is 2.01. The Morgan fingerprint density at radius 2 is 2.00 bits per heavy atom. The van der Waals surface area contributed by atoms with Crippen LogP contribution in [0.3, 0.4) is 0 Å². The van der Waals surface area contributed by atoms with Crippen molar-refractivity contribution in [1.29, 1.82) is 0 Å². The molecule has 0 aliphatic heterocycles. The van der Waals surface area contributed by atoms with Crippen molar-refractivity contribution in [2.45, 2.75) is 17.2 Å². The number of sulfonamides is 1. The third kappa shape index (κ3) is 4.16. The van der Waals surface area contributed by atoms with Gasteiger partial charge in [-0.1, -0.05) is 12.1 Å². The van der Waals surface area contributed by atoms with Gasteiger partial charge in [-0.15, -0.1) is 11.3 Å². The minimum atomic E-state index is -3.72. The monoisotopic (exact) mass is 374 g/mol. The number of thiophene rings is 1. The molecule has 1 heterocycles. The Labute approximate surface area is 143 Å². The molecule has 1 amide bonds. The predicted octanol–water partition coefficient (Wildman–Crippen LogP) is 2.52. The van der Waals surface area contributed by atoms with Gasteiger partial charge in [0.15, 0.2) is 11.6 Å². The van der Waals surface area contributed by atoms with Gasteiger partial charge in [-0.25, -0.2) is 17.2 Å². The lowest BCUT2D eigenvalue weighted by molar-refractivity contribution is -0.121. The van der Waals surface area contributed by atoms with Crippen LogP contribution in [0, 0.1) is 11.6 Å². The normalized spacial score (nSPS) is 13.0. The van der Waals surface area contributed by atoms with E-state index in [4.69, 9.17) is 0 Å². The van der Waals surface area contributed by atoms with Crippen molar-refractivity contribution in [3.05, 3.63) is 52.9 Å². The highest BCUT2D eigenvalue weighted by atomic mass is 32.2. The Morgan fingerprint density at radius 1 is 1.29 bits per heavy atom. The minimum Gasteiger partial charge on any atom is -0.348 e. The molecule has 0 radical (unpaired) electrons. The lowest BCUT2D eigenvalue weighted by atomic mass is 10.1. The summed E-state index contributed by atoms with van der Waals surface area (Å²) in [6.45, 7) is 1.21. The summed E-state index contributed by atoms with van der Waals surface area (Å²) in [5.74, 6) is -2.53. The zero-order chi connectivity index (χ0) is 17.9. The number of carbonyl (C=O) groups is 1. The van der Waals surface area contributed by atoms with E-state index in [0.717, 1.165) is 27.8 Å². The maximum Gasteiger partial charge on any atom is 0.252 e. The highest BCUT2D eigenvalue weighted by molar-refractivity contribution is 7.91. The summed E-state index contributed by atoms with van der Waals surface area (Å²) in [6.07, 6.45) is 0. The van der Waals surface area contributed by atoms with E-state index in [1.54, 1.807) is 18.4 Å². The Kier molecular flexibility index (Phi) is 5.68. The second kappa shape index (κ2) is 7.37. The quantitative estimate of drug-likeness (QED) is 0.845. The first-order valence-corrected chi connectivity index (χ1v) is 9.28. The molecule has 1 aromatic heterocycles. The van der Waals surface area contributed by atoms with Gasteiger partial charge in [-0.3, -0.25) is 4.79 Å². The number of amides is 1. The number of halogens is 2. The molecule has 1 aromatic carbocycles. The molecule has 1 atom stereocenters. The second-order valence-corrected chi connectivity index (χ2v) is 8.38. The van der Waals surface area contributed by atoms with Crippen molar-refractivity contribution >= 4 is 27.3 Å². The summed E-state index contributed by atoms with van der Waals surface area (Å²) in [6, 6.07) is 5.79. The number of likely N-dealkylation sites (N-methyl/N-ethyl adjacent to an activating group) is 1. The molecule has 0 fully saturated rings. The molecule has 24 heavy (non-hydrogen) atoms. The fourth-order valence-electron chi connectivity index (χ4n) is 2.00. The zero-order valence-corrected chi connectivity index (χ0v) is 14.6. The van der Waals surface area contributed by atoms with Crippen molar-refractivity contribution in [3.8, 4) is 0 Å². The number of nitrogens with one attached hydrogen (secondary N) is 1. The number of carbonyl (C=O) groups excluding carboxylic acids is 1. The van der Waals surface area contributed by atoms with Gasteiger partial charge < -0.3 is 5.32 Å². The summed E-state index contributed by atoms with van der Waals surface area (Å²) in [5, 5.41) is 4.19. The molecule has 130 valence electrons. The Bertz CT molecular complexity index is 823. The second-order valence-electron chi connectivity index (χ2n) is 5.16. The van der Waals surface area contributed by atoms with Crippen LogP contribution in [-0.2, 0) is 14.8 Å². The van der Waals surface area contributed by atoms with Crippen molar-refractivity contribution in [2.75, 3.05) is 13.6 Å². The molecule has 0 saturated heterocycles. The van der Waals surface area contributed by atoms with Crippen LogP contribution in [-0.4, -0.2) is 32.2 Å². The molecule has 0 bridgehead atoms. The Hall–Kier alpha value is -1.84. The highest BCUT2D eigenvalue weighted by Crippen LogP contribution is 2.20. The SMILES string of the molecule is CC(NC(=O)CN(C)S(=O)(=O)c1cccs1)c1ccc(F)c(F)c1. The van der Waals surface area contributed by atoms with Crippen molar-refractivity contribution < 1.29 is 22.0 Å². The molecule has 5 nitrogen and oxygen atoms in total. The Morgan fingerprint density at radius 3 is 2.58 bits per heavy atom. The maximum absolute atomic E-state index is 13.2. The fourth-order valence-corrected chi connectivity index (χ4v) is 4.33. The van der Waals surface area contributed by atoms with E-state index < -0.39 is 33.6 Å². The number of nitrogens with zero attached hydrogens (tertiary/aromatic N) is 1. The van der Waals surface area contributed by atoms with E-state index in [0.29, 0.717) is 5.56 Å². The lowest BCUT2D eigenvalue weighted by Gasteiger charge is -2.19. The van der Waals surface area contributed by atoms with Gasteiger partial charge in [0.25, 0.3) is 10.0 Å². The first-order valence-electron chi connectivity index (χ1n) is 6.96. The van der Waals surface area contributed by atoms with Crippen LogP contribution in [0.1, 0.15) is 18.5 Å². The van der Waals surface area contributed by atoms with Crippen molar-refractivity contribution in [2.24, 2.45) is 0 Å². The summed E-state index contributed by atoms with van der Waals surface area (Å²) < 4.78 is 51.7. The fraction of sp³-hybridized carbons (Fsp3) is 0.267. The van der Waals surface area contributed by atoms with Gasteiger partial charge in [0.2, 0.25) is 5.91 Å². The standard InChI is InChI=1S/C15H16F2N2O3S2/c1-10(11-5-6-12(16)13(17)8-11)18-14(20)9-19(2)24(21,22)15-4-3-7-23-15/h3-8,10H,9H2,1-2H3,(H,18,20). The predicted molar refractivity (Wildman–Crippen MR) is 87.1 cm³/mol. The number of hydrogen-bond donors (Lipinski definition) is 1. The summed E-state index contributed by atoms with van der Waals surface area (Å²) in [5.41, 5.74) is 0.381. The van der Waals surface area contributed by atoms with Gasteiger partial charge >= 0.3 is 0 Å². The maximum atomic E-state index is 13.2. The van der Waals surface area contributed by atoms with Crippen LogP contribution in [0.25, 0.3) is 0 Å². The first kappa shape index (κ1) is 18.5. The van der Waals surface area contributed by atoms with Crippen LogP contribution in [0.15, 0.2) is 39.9 Å². The van der Waals surface area contributed by atoms with Gasteiger partial charge in [0.1, 0.15) is 4.21 Å². The molecule has 0 spiro atoms. The van der Waals surface area contributed by atoms with E-state index >= 15 is 0 Å². The lowest BCUT2D eigenvalue weighted by Crippen LogP contribution is -2.39. The molecule has 9 heteroatoms. The smallest absolute Gasteiger partial charge is 0.252 e. The van der Waals surface area contributed by atoms with Crippen LogP contribution in [0.5, 0.6) is 0 Å². The molecule has 0 saturated carbocycles. The van der Waals surface area contributed by atoms with Gasteiger partial charge in [0.05, 0.1) is 12.6 Å². The van der Waals surface area contributed by atoms with E-state index in [9.17, 15) is 22.0 Å². The molecule has 1 unspecified atom stereocenters. The van der Waals surface area contributed by atoms with Crippen molar-refractivity contribution in [3.63, 3.8) is 0 Å². The van der Waals surface area contributed by atoms with E-state index in [1.165, 1.54) is 19.2 Å². The van der Waals surface area contributed by atoms with Gasteiger partial charge in [-0.2, -0.15) is 4.31 Å². The van der Waals surface area contributed by atoms with Crippen LogP contribution >= 0.6 is 11.3 Å². The van der Waals surface area contributed by atoms with Crippen LogP contribution in [0.2, 0.25) is 0 Å². The van der Waals surface area contributed by atoms with Crippen LogP contribution < -0.4 is 5.32 Å². The molecular formula is C15H16F2N2O3S2. The third-order valence-electron chi connectivity index (χ3n) is 3.35. The molecule has 1 N–H and O–H groups in total. The average Bonchev–Trinajstić information content (AvgIpc) is 3.04. The number of hydrogen-bond acceptors (Lipinski definition) is 4. The van der Waals surface area contributed by atoms with Crippen LogP contribution in [0.4, 0.5) is 8.78 Å². The first-order chi connectivity index (χ1) is 11.2. The number of benzene rings is 1. The average molecular weight is 374 g/mol. The van der Waals surface area contributed by atoms with Gasteiger partial charge in [0, 0.05) is 7.05 Å². The molecule has 2 aromatic rings. The summed E-state index contributed by atoms with van der Waals surface area (Å²) in [4.78, 5) is 12.0. The molecule has 2 rings (SSSR count). The van der Waals surface area contributed by atoms with Crippen molar-refractivity contribution in [1.82, 2.24) is 9.62 Å². The molecular weight excluding hydrogens is 358 g/mol. The minimum absolute atomic E-state index is 0.145. The van der Waals surface area contributed by atoms with E-state index in [2.05, 4.69) is 5.32 Å². The van der Waals surface area contributed by atoms with Gasteiger partial charge in [-0.05, 0) is 36.1 Å². The summed E-state index contributed by atoms with van der Waals surface area (Å²) in [7, 11) is -2.42. The van der Waals surface area contributed by atoms with E-state index in [1.807, 2.05) is 0 Å².